The SMILES string of the molecule is Cc1nn(C)c(C)c1NC(=O)CN1CCN(Cc2cccc(Cl)c2Cl)CC1. The quantitative estimate of drug-likeness (QED) is 0.823. The lowest BCUT2D eigenvalue weighted by Gasteiger charge is -2.34. The highest BCUT2D eigenvalue weighted by atomic mass is 35.5. The fourth-order valence-electron chi connectivity index (χ4n) is 3.35. The van der Waals surface area contributed by atoms with E-state index in [1.165, 1.54) is 0 Å². The van der Waals surface area contributed by atoms with E-state index in [2.05, 4.69) is 20.2 Å². The van der Waals surface area contributed by atoms with Crippen molar-refractivity contribution in [2.24, 2.45) is 7.05 Å². The van der Waals surface area contributed by atoms with E-state index in [9.17, 15) is 4.79 Å². The molecule has 1 aliphatic heterocycles. The molecule has 1 aliphatic rings. The Kier molecular flexibility index (Phi) is 6.42. The highest BCUT2D eigenvalue weighted by molar-refractivity contribution is 6.42. The van der Waals surface area contributed by atoms with Gasteiger partial charge in [-0.05, 0) is 25.5 Å². The molecule has 2 aromatic rings. The molecule has 0 atom stereocenters. The van der Waals surface area contributed by atoms with Crippen molar-refractivity contribution < 1.29 is 4.79 Å². The third-order valence-corrected chi connectivity index (χ3v) is 5.89. The lowest BCUT2D eigenvalue weighted by molar-refractivity contribution is -0.117. The summed E-state index contributed by atoms with van der Waals surface area (Å²) < 4.78 is 1.78. The normalized spacial score (nSPS) is 15.9. The summed E-state index contributed by atoms with van der Waals surface area (Å²) in [6.45, 7) is 8.49. The molecule has 3 rings (SSSR count). The maximum absolute atomic E-state index is 12.4. The van der Waals surface area contributed by atoms with Gasteiger partial charge in [-0.2, -0.15) is 5.10 Å². The Morgan fingerprint density at radius 1 is 1.15 bits per heavy atom. The highest BCUT2D eigenvalue weighted by Crippen LogP contribution is 2.26. The average Bonchev–Trinajstić information content (AvgIpc) is 2.87. The molecule has 0 radical (unpaired) electrons. The first kappa shape index (κ1) is 20.1. The maximum Gasteiger partial charge on any atom is 0.238 e. The van der Waals surface area contributed by atoms with Gasteiger partial charge in [0.2, 0.25) is 5.91 Å². The molecular formula is C19H25Cl2N5O. The minimum Gasteiger partial charge on any atom is -0.322 e. The third kappa shape index (κ3) is 4.82. The van der Waals surface area contributed by atoms with Crippen LogP contribution in [0, 0.1) is 13.8 Å². The first-order valence-electron chi connectivity index (χ1n) is 9.03. The third-order valence-electron chi connectivity index (χ3n) is 5.03. The van der Waals surface area contributed by atoms with Crippen molar-refractivity contribution in [1.29, 1.82) is 0 Å². The number of nitrogens with zero attached hydrogens (tertiary/aromatic N) is 4. The second kappa shape index (κ2) is 8.61. The number of aromatic nitrogens is 2. The van der Waals surface area contributed by atoms with E-state index in [4.69, 9.17) is 23.2 Å². The van der Waals surface area contributed by atoms with Crippen LogP contribution < -0.4 is 5.32 Å². The van der Waals surface area contributed by atoms with Crippen LogP contribution in [0.3, 0.4) is 0 Å². The standard InChI is InChI=1S/C19H25Cl2N5O/c1-13-19(14(2)24(3)23-13)22-17(27)12-26-9-7-25(8-10-26)11-15-5-4-6-16(20)18(15)21/h4-6H,7-12H2,1-3H3,(H,22,27). The molecule has 8 heteroatoms. The number of carbonyl (C=O) groups is 1. The van der Waals surface area contributed by atoms with Gasteiger partial charge in [0.15, 0.2) is 0 Å². The summed E-state index contributed by atoms with van der Waals surface area (Å²) in [5.41, 5.74) is 3.66. The number of anilines is 1. The second-order valence-corrected chi connectivity index (χ2v) is 7.77. The number of piperazine rings is 1. The zero-order valence-electron chi connectivity index (χ0n) is 15.9. The predicted octanol–water partition coefficient (Wildman–Crippen LogP) is 3.10. The van der Waals surface area contributed by atoms with Crippen LogP contribution in [0.4, 0.5) is 5.69 Å². The number of amides is 1. The largest absolute Gasteiger partial charge is 0.322 e. The second-order valence-electron chi connectivity index (χ2n) is 6.98. The number of carbonyl (C=O) groups excluding carboxylic acids is 1. The summed E-state index contributed by atoms with van der Waals surface area (Å²) in [6.07, 6.45) is 0. The number of aryl methyl sites for hydroxylation is 2. The van der Waals surface area contributed by atoms with Crippen LogP contribution in [-0.4, -0.2) is 58.2 Å². The van der Waals surface area contributed by atoms with Crippen molar-refractivity contribution in [3.8, 4) is 0 Å². The van der Waals surface area contributed by atoms with Crippen LogP contribution in [0.15, 0.2) is 18.2 Å². The van der Waals surface area contributed by atoms with Crippen molar-refractivity contribution in [2.75, 3.05) is 38.0 Å². The summed E-state index contributed by atoms with van der Waals surface area (Å²) in [5, 5.41) is 8.55. The van der Waals surface area contributed by atoms with E-state index in [1.807, 2.05) is 33.0 Å². The zero-order chi connectivity index (χ0) is 19.6. The van der Waals surface area contributed by atoms with Gasteiger partial charge in [-0.3, -0.25) is 19.3 Å². The molecule has 1 aromatic heterocycles. The summed E-state index contributed by atoms with van der Waals surface area (Å²) >= 11 is 12.4. The Labute approximate surface area is 170 Å². The van der Waals surface area contributed by atoms with Crippen LogP contribution >= 0.6 is 23.2 Å². The molecule has 1 fully saturated rings. The fraction of sp³-hybridized carbons (Fsp3) is 0.474. The predicted molar refractivity (Wildman–Crippen MR) is 109 cm³/mol. The smallest absolute Gasteiger partial charge is 0.238 e. The summed E-state index contributed by atoms with van der Waals surface area (Å²) in [6, 6.07) is 5.73. The molecule has 0 saturated carbocycles. The topological polar surface area (TPSA) is 53.4 Å². The zero-order valence-corrected chi connectivity index (χ0v) is 17.4. The van der Waals surface area contributed by atoms with Crippen LogP contribution in [-0.2, 0) is 18.4 Å². The molecule has 146 valence electrons. The number of halogens is 2. The van der Waals surface area contributed by atoms with Crippen LogP contribution in [0.25, 0.3) is 0 Å². The molecule has 6 nitrogen and oxygen atoms in total. The van der Waals surface area contributed by atoms with Crippen LogP contribution in [0.5, 0.6) is 0 Å². The first-order valence-corrected chi connectivity index (χ1v) is 9.78. The van der Waals surface area contributed by atoms with Gasteiger partial charge in [0.05, 0.1) is 33.7 Å². The van der Waals surface area contributed by atoms with Gasteiger partial charge >= 0.3 is 0 Å². The van der Waals surface area contributed by atoms with Crippen molar-refractivity contribution >= 4 is 34.8 Å². The molecule has 1 amide bonds. The lowest BCUT2D eigenvalue weighted by Crippen LogP contribution is -2.48. The van der Waals surface area contributed by atoms with E-state index in [0.717, 1.165) is 55.4 Å². The van der Waals surface area contributed by atoms with E-state index in [-0.39, 0.29) is 5.91 Å². The minimum absolute atomic E-state index is 0.000496. The molecule has 1 saturated heterocycles. The molecule has 0 aliphatic carbocycles. The summed E-state index contributed by atoms with van der Waals surface area (Å²) in [4.78, 5) is 16.9. The average molecular weight is 410 g/mol. The van der Waals surface area contributed by atoms with Crippen LogP contribution in [0.1, 0.15) is 17.0 Å². The van der Waals surface area contributed by atoms with Gasteiger partial charge < -0.3 is 5.32 Å². The number of nitrogens with one attached hydrogen (secondary N) is 1. The van der Waals surface area contributed by atoms with E-state index in [0.29, 0.717) is 16.6 Å². The monoisotopic (exact) mass is 409 g/mol. The number of hydrogen-bond donors (Lipinski definition) is 1. The van der Waals surface area contributed by atoms with Gasteiger partial charge in [0.1, 0.15) is 0 Å². The molecule has 0 unspecified atom stereocenters. The molecule has 2 heterocycles. The number of benzene rings is 1. The highest BCUT2D eigenvalue weighted by Gasteiger charge is 2.21. The fourth-order valence-corrected chi connectivity index (χ4v) is 3.73. The molecule has 0 spiro atoms. The Balaban J connectivity index is 1.49. The van der Waals surface area contributed by atoms with E-state index < -0.39 is 0 Å². The maximum atomic E-state index is 12.4. The molecule has 1 N–H and O–H groups in total. The van der Waals surface area contributed by atoms with Crippen molar-refractivity contribution in [3.05, 3.63) is 45.2 Å². The van der Waals surface area contributed by atoms with Gasteiger partial charge in [-0.25, -0.2) is 0 Å². The van der Waals surface area contributed by atoms with Gasteiger partial charge in [-0.15, -0.1) is 0 Å². The Morgan fingerprint density at radius 2 is 1.81 bits per heavy atom. The molecule has 1 aromatic carbocycles. The van der Waals surface area contributed by atoms with Crippen LogP contribution in [0.2, 0.25) is 10.0 Å². The van der Waals surface area contributed by atoms with Gasteiger partial charge in [0, 0.05) is 39.8 Å². The Bertz CT molecular complexity index is 828. The summed E-state index contributed by atoms with van der Waals surface area (Å²) in [7, 11) is 1.88. The van der Waals surface area contributed by atoms with Crippen molar-refractivity contribution in [1.82, 2.24) is 19.6 Å². The van der Waals surface area contributed by atoms with E-state index >= 15 is 0 Å². The molecule has 0 bridgehead atoms. The minimum atomic E-state index is 0.000496. The lowest BCUT2D eigenvalue weighted by atomic mass is 10.2. The van der Waals surface area contributed by atoms with Gasteiger partial charge in [-0.1, -0.05) is 35.3 Å². The molecular weight excluding hydrogens is 385 g/mol. The van der Waals surface area contributed by atoms with Crippen molar-refractivity contribution in [3.63, 3.8) is 0 Å². The number of rotatable bonds is 5. The number of hydrogen-bond acceptors (Lipinski definition) is 4. The Hall–Kier alpha value is -1.60. The van der Waals surface area contributed by atoms with Crippen molar-refractivity contribution in [2.45, 2.75) is 20.4 Å². The summed E-state index contributed by atoms with van der Waals surface area (Å²) in [5.74, 6) is 0.000496. The van der Waals surface area contributed by atoms with Gasteiger partial charge in [0.25, 0.3) is 0 Å². The first-order chi connectivity index (χ1) is 12.8. The Morgan fingerprint density at radius 3 is 2.44 bits per heavy atom. The molecule has 27 heavy (non-hydrogen) atoms. The van der Waals surface area contributed by atoms with E-state index in [1.54, 1.807) is 10.7 Å².